The number of aromatic amines is 1. The fraction of sp³-hybridized carbons (Fsp3) is 0.688. The first-order valence-corrected chi connectivity index (χ1v) is 9.27. The predicted octanol–water partition coefficient (Wildman–Crippen LogP) is 4.44. The maximum absolute atomic E-state index is 11.9. The van der Waals surface area contributed by atoms with Crippen LogP contribution < -0.4 is 0 Å². The zero-order valence-corrected chi connectivity index (χ0v) is 14.2. The summed E-state index contributed by atoms with van der Waals surface area (Å²) in [6.45, 7) is 0.489. The Morgan fingerprint density at radius 1 is 1.10 bits per heavy atom. The van der Waals surface area contributed by atoms with Gasteiger partial charge in [-0.25, -0.2) is 4.79 Å². The number of carbonyl (C=O) groups is 1. The number of hydrogen-bond donors (Lipinski definition) is 1. The fourth-order valence-corrected chi connectivity index (χ4v) is 3.03. The van der Waals surface area contributed by atoms with Gasteiger partial charge in [0.15, 0.2) is 0 Å². The number of H-pyrrole nitrogens is 1. The van der Waals surface area contributed by atoms with E-state index < -0.39 is 0 Å². The number of carbonyl (C=O) groups excluding carboxylic acids is 1. The second-order valence-corrected chi connectivity index (χ2v) is 6.57. The van der Waals surface area contributed by atoms with Gasteiger partial charge >= 0.3 is 5.97 Å². The number of esters is 1. The van der Waals surface area contributed by atoms with Crippen LogP contribution in [0.3, 0.4) is 0 Å². The molecule has 0 bridgehead atoms. The highest BCUT2D eigenvalue weighted by atomic mass is 127. The minimum absolute atomic E-state index is 0.207. The fourth-order valence-electron chi connectivity index (χ4n) is 2.81. The second kappa shape index (κ2) is 8.70. The van der Waals surface area contributed by atoms with Crippen LogP contribution in [-0.2, 0) is 17.6 Å². The first kappa shape index (κ1) is 15.9. The third-order valence-corrected chi connectivity index (χ3v) is 4.34. The predicted molar refractivity (Wildman–Crippen MR) is 89.7 cm³/mol. The van der Waals surface area contributed by atoms with Gasteiger partial charge in [-0.15, -0.1) is 0 Å². The van der Waals surface area contributed by atoms with Gasteiger partial charge in [0.1, 0.15) is 12.3 Å². The molecule has 4 heteroatoms. The van der Waals surface area contributed by atoms with Crippen molar-refractivity contribution >= 4 is 28.6 Å². The molecule has 0 saturated carbocycles. The number of aromatic nitrogens is 1. The monoisotopic (exact) mass is 389 g/mol. The highest BCUT2D eigenvalue weighted by Crippen LogP contribution is 2.20. The smallest absolute Gasteiger partial charge is 0.354 e. The number of hydrogen-bond acceptors (Lipinski definition) is 2. The molecule has 0 saturated heterocycles. The molecule has 0 unspecified atom stereocenters. The van der Waals surface area contributed by atoms with E-state index in [0.29, 0.717) is 12.3 Å². The SMILES string of the molecule is O=C(OCCI)c1cc2c([nH]1)CCCCCCCCC2. The first-order chi connectivity index (χ1) is 9.81. The molecule has 0 fully saturated rings. The van der Waals surface area contributed by atoms with Crippen molar-refractivity contribution in [3.8, 4) is 0 Å². The summed E-state index contributed by atoms with van der Waals surface area (Å²) in [5, 5.41) is 0. The van der Waals surface area contributed by atoms with Crippen LogP contribution in [-0.4, -0.2) is 22.0 Å². The highest BCUT2D eigenvalue weighted by molar-refractivity contribution is 14.1. The van der Waals surface area contributed by atoms with E-state index in [9.17, 15) is 4.79 Å². The summed E-state index contributed by atoms with van der Waals surface area (Å²) in [5.41, 5.74) is 3.22. The summed E-state index contributed by atoms with van der Waals surface area (Å²) in [6, 6.07) is 2.02. The molecule has 20 heavy (non-hydrogen) atoms. The number of nitrogens with one attached hydrogen (secondary N) is 1. The van der Waals surface area contributed by atoms with Crippen LogP contribution in [0.25, 0.3) is 0 Å². The van der Waals surface area contributed by atoms with Gasteiger partial charge in [0.2, 0.25) is 0 Å². The van der Waals surface area contributed by atoms with Gasteiger partial charge < -0.3 is 9.72 Å². The zero-order valence-electron chi connectivity index (χ0n) is 12.0. The molecule has 1 aromatic heterocycles. The zero-order chi connectivity index (χ0) is 14.2. The van der Waals surface area contributed by atoms with Crippen LogP contribution in [0.2, 0.25) is 0 Å². The Balaban J connectivity index is 2.05. The molecule has 1 aromatic rings. The minimum atomic E-state index is -0.207. The average molecular weight is 389 g/mol. The molecule has 1 N–H and O–H groups in total. The molecule has 0 aromatic carbocycles. The minimum Gasteiger partial charge on any atom is -0.460 e. The van der Waals surface area contributed by atoms with Crippen molar-refractivity contribution in [3.05, 3.63) is 23.0 Å². The van der Waals surface area contributed by atoms with Crippen molar-refractivity contribution in [2.75, 3.05) is 11.0 Å². The Morgan fingerprint density at radius 3 is 2.45 bits per heavy atom. The van der Waals surface area contributed by atoms with E-state index in [1.54, 1.807) is 0 Å². The normalized spacial score (nSPS) is 17.1. The summed E-state index contributed by atoms with van der Waals surface area (Å²) >= 11 is 2.21. The van der Waals surface area contributed by atoms with Crippen LogP contribution >= 0.6 is 22.6 Å². The first-order valence-electron chi connectivity index (χ1n) is 7.75. The molecule has 0 aliphatic heterocycles. The molecule has 112 valence electrons. The van der Waals surface area contributed by atoms with E-state index in [-0.39, 0.29) is 5.97 Å². The van der Waals surface area contributed by atoms with Gasteiger partial charge in [-0.05, 0) is 37.3 Å². The third kappa shape index (κ3) is 4.79. The van der Waals surface area contributed by atoms with Crippen molar-refractivity contribution in [1.82, 2.24) is 4.98 Å². The molecule has 1 heterocycles. The highest BCUT2D eigenvalue weighted by Gasteiger charge is 2.15. The van der Waals surface area contributed by atoms with Crippen molar-refractivity contribution in [2.45, 2.75) is 57.8 Å². The number of halogens is 1. The molecule has 0 atom stereocenters. The number of fused-ring (bicyclic) bond motifs is 1. The molecule has 3 nitrogen and oxygen atoms in total. The Morgan fingerprint density at radius 2 is 1.75 bits per heavy atom. The van der Waals surface area contributed by atoms with Gasteiger partial charge in [0.05, 0.1) is 0 Å². The maximum Gasteiger partial charge on any atom is 0.354 e. The van der Waals surface area contributed by atoms with Crippen LogP contribution in [0, 0.1) is 0 Å². The van der Waals surface area contributed by atoms with Crippen molar-refractivity contribution in [2.24, 2.45) is 0 Å². The standard InChI is InChI=1S/C16H24INO2/c17-10-11-20-16(19)15-12-13-8-6-4-2-1-3-5-7-9-14(13)18-15/h12,18H,1-11H2. The molecular formula is C16H24INO2. The summed E-state index contributed by atoms with van der Waals surface area (Å²) in [4.78, 5) is 15.2. The van der Waals surface area contributed by atoms with Crippen LogP contribution in [0.1, 0.15) is 66.7 Å². The molecule has 0 spiro atoms. The third-order valence-electron chi connectivity index (χ3n) is 3.89. The van der Waals surface area contributed by atoms with E-state index >= 15 is 0 Å². The largest absolute Gasteiger partial charge is 0.460 e. The quantitative estimate of drug-likeness (QED) is 0.472. The summed E-state index contributed by atoms with van der Waals surface area (Å²) in [7, 11) is 0. The Kier molecular flexibility index (Phi) is 6.90. The summed E-state index contributed by atoms with van der Waals surface area (Å²) in [5.74, 6) is -0.207. The topological polar surface area (TPSA) is 42.1 Å². The lowest BCUT2D eigenvalue weighted by atomic mass is 10.1. The van der Waals surface area contributed by atoms with Gasteiger partial charge in [0.25, 0.3) is 0 Å². The van der Waals surface area contributed by atoms with E-state index in [1.165, 1.54) is 56.2 Å². The molecule has 1 aliphatic rings. The lowest BCUT2D eigenvalue weighted by Crippen LogP contribution is -2.07. The number of rotatable bonds is 3. The second-order valence-electron chi connectivity index (χ2n) is 5.49. The molecule has 0 amide bonds. The molecule has 1 aliphatic carbocycles. The molecule has 2 rings (SSSR count). The van der Waals surface area contributed by atoms with Gasteiger partial charge in [-0.1, -0.05) is 54.7 Å². The average Bonchev–Trinajstić information content (AvgIpc) is 2.84. The number of ether oxygens (including phenoxy) is 1. The van der Waals surface area contributed by atoms with Crippen LogP contribution in [0.5, 0.6) is 0 Å². The Labute approximate surface area is 135 Å². The molecule has 0 radical (unpaired) electrons. The van der Waals surface area contributed by atoms with E-state index in [0.717, 1.165) is 17.3 Å². The number of alkyl halides is 1. The Hall–Kier alpha value is -0.520. The Bertz CT molecular complexity index is 401. The number of aryl methyl sites for hydroxylation is 2. The van der Waals surface area contributed by atoms with E-state index in [2.05, 4.69) is 27.6 Å². The van der Waals surface area contributed by atoms with Crippen LogP contribution in [0.15, 0.2) is 6.07 Å². The van der Waals surface area contributed by atoms with Gasteiger partial charge in [-0.2, -0.15) is 0 Å². The van der Waals surface area contributed by atoms with Crippen LogP contribution in [0.4, 0.5) is 0 Å². The lowest BCUT2D eigenvalue weighted by molar-refractivity contribution is 0.0526. The van der Waals surface area contributed by atoms with Crippen molar-refractivity contribution in [1.29, 1.82) is 0 Å². The lowest BCUT2D eigenvalue weighted by Gasteiger charge is -2.02. The summed E-state index contributed by atoms with van der Waals surface area (Å²) in [6.07, 6.45) is 11.3. The maximum atomic E-state index is 11.9. The van der Waals surface area contributed by atoms with Crippen molar-refractivity contribution in [3.63, 3.8) is 0 Å². The molecular weight excluding hydrogens is 365 g/mol. The van der Waals surface area contributed by atoms with E-state index in [4.69, 9.17) is 4.74 Å². The van der Waals surface area contributed by atoms with Gasteiger partial charge in [-0.3, -0.25) is 0 Å². The van der Waals surface area contributed by atoms with Crippen molar-refractivity contribution < 1.29 is 9.53 Å². The van der Waals surface area contributed by atoms with Gasteiger partial charge in [0, 0.05) is 10.1 Å². The van der Waals surface area contributed by atoms with E-state index in [1.807, 2.05) is 6.07 Å². The summed E-state index contributed by atoms with van der Waals surface area (Å²) < 4.78 is 6.05.